The standard InChI is InChI=1S/C29H48N4O9/c1-2-3-4-5-6-7-8-9-10-17-32-21-24(42-23-13-11-22(34)12-14-23)31-16-19-33(18-15-30-20-25(32)35)29(26(36)37,27(38)39)28(40)41/h11-14,24-25,30-31,34-35H,2-10,15-21H2,1H3,(H,36,37)(H,38,39)(H,40,41). The van der Waals surface area contributed by atoms with E-state index >= 15 is 0 Å². The molecule has 0 radical (unpaired) electrons. The number of rotatable bonds is 16. The fraction of sp³-hybridized carbons (Fsp3) is 0.690. The summed E-state index contributed by atoms with van der Waals surface area (Å²) in [7, 11) is 0. The zero-order chi connectivity index (χ0) is 31.0. The van der Waals surface area contributed by atoms with Crippen molar-refractivity contribution >= 4 is 17.9 Å². The molecule has 1 aliphatic rings. The van der Waals surface area contributed by atoms with Crippen LogP contribution in [0.3, 0.4) is 0 Å². The van der Waals surface area contributed by atoms with Gasteiger partial charge in [-0.25, -0.2) is 14.4 Å². The number of aliphatic hydroxyl groups excluding tert-OH is 1. The lowest BCUT2D eigenvalue weighted by atomic mass is 9.97. The summed E-state index contributed by atoms with van der Waals surface area (Å²) >= 11 is 0. The first-order valence-electron chi connectivity index (χ1n) is 14.9. The number of nitrogens with zero attached hydrogens (tertiary/aromatic N) is 2. The molecule has 1 heterocycles. The van der Waals surface area contributed by atoms with Crippen LogP contribution in [0.4, 0.5) is 0 Å². The third kappa shape index (κ3) is 10.7. The molecular formula is C29H48N4O9. The van der Waals surface area contributed by atoms with Gasteiger partial charge in [-0.15, -0.1) is 0 Å². The van der Waals surface area contributed by atoms with Crippen molar-refractivity contribution in [3.8, 4) is 11.5 Å². The lowest BCUT2D eigenvalue weighted by molar-refractivity contribution is -0.179. The van der Waals surface area contributed by atoms with Crippen LogP contribution < -0.4 is 15.4 Å². The second-order valence-electron chi connectivity index (χ2n) is 10.7. The number of ether oxygens (including phenoxy) is 1. The normalized spacial score (nSPS) is 19.9. The van der Waals surface area contributed by atoms with E-state index in [4.69, 9.17) is 4.74 Å². The van der Waals surface area contributed by atoms with Gasteiger partial charge in [-0.05, 0) is 30.7 Å². The summed E-state index contributed by atoms with van der Waals surface area (Å²) in [6, 6.07) is 6.08. The molecule has 2 atom stereocenters. The van der Waals surface area contributed by atoms with Crippen molar-refractivity contribution in [2.24, 2.45) is 0 Å². The predicted molar refractivity (Wildman–Crippen MR) is 155 cm³/mol. The maximum atomic E-state index is 12.0. The van der Waals surface area contributed by atoms with Crippen molar-refractivity contribution in [2.75, 3.05) is 45.8 Å². The Hall–Kier alpha value is -2.97. The Morgan fingerprint density at radius 2 is 1.43 bits per heavy atom. The van der Waals surface area contributed by atoms with Gasteiger partial charge < -0.3 is 35.6 Å². The Kier molecular flexibility index (Phi) is 15.6. The van der Waals surface area contributed by atoms with Crippen LogP contribution in [0.1, 0.15) is 64.7 Å². The number of aliphatic carboxylic acids is 3. The minimum absolute atomic E-state index is 0.000304. The quantitative estimate of drug-likeness (QED) is 0.108. The SMILES string of the molecule is CCCCCCCCCCCN1CC(Oc2ccc(O)cc2)NCCN(C(C(=O)O)(C(=O)O)C(=O)O)CCNCC1O. The molecule has 13 heteroatoms. The molecule has 42 heavy (non-hydrogen) atoms. The van der Waals surface area contributed by atoms with Crippen LogP contribution in [0.2, 0.25) is 0 Å². The molecule has 0 amide bonds. The molecule has 1 aliphatic heterocycles. The number of aromatic hydroxyl groups is 1. The lowest BCUT2D eigenvalue weighted by Gasteiger charge is -2.36. The van der Waals surface area contributed by atoms with Gasteiger partial charge in [-0.3, -0.25) is 15.1 Å². The van der Waals surface area contributed by atoms with Gasteiger partial charge >= 0.3 is 23.4 Å². The molecule has 238 valence electrons. The number of carboxylic acids is 3. The average molecular weight is 597 g/mol. The van der Waals surface area contributed by atoms with Crippen molar-refractivity contribution in [1.29, 1.82) is 0 Å². The summed E-state index contributed by atoms with van der Waals surface area (Å²) in [5.41, 5.74) is -3.18. The largest absolute Gasteiger partial charge is 0.508 e. The summed E-state index contributed by atoms with van der Waals surface area (Å²) in [4.78, 5) is 38.8. The number of hydrogen-bond acceptors (Lipinski definition) is 10. The van der Waals surface area contributed by atoms with Crippen LogP contribution in [-0.2, 0) is 14.4 Å². The summed E-state index contributed by atoms with van der Waals surface area (Å²) in [6.07, 6.45) is 8.83. The number of phenolic OH excluding ortho intramolecular Hbond substituents is 1. The highest BCUT2D eigenvalue weighted by Gasteiger charge is 2.59. The Balaban J connectivity index is 2.14. The molecule has 7 N–H and O–H groups in total. The minimum atomic E-state index is -3.18. The molecule has 2 unspecified atom stereocenters. The molecule has 0 saturated carbocycles. The zero-order valence-electron chi connectivity index (χ0n) is 24.5. The number of phenols is 1. The monoisotopic (exact) mass is 596 g/mol. The summed E-state index contributed by atoms with van der Waals surface area (Å²) in [5.74, 6) is -5.51. The molecule has 13 nitrogen and oxygen atoms in total. The number of hydrogen-bond donors (Lipinski definition) is 7. The first-order chi connectivity index (χ1) is 20.1. The van der Waals surface area contributed by atoms with E-state index < -0.39 is 35.9 Å². The molecule has 0 spiro atoms. The zero-order valence-corrected chi connectivity index (χ0v) is 24.5. The number of unbranched alkanes of at least 4 members (excludes halogenated alkanes) is 8. The molecule has 2 rings (SSSR count). The Labute approximate surface area is 247 Å². The fourth-order valence-corrected chi connectivity index (χ4v) is 5.10. The number of aliphatic hydroxyl groups is 1. The highest BCUT2D eigenvalue weighted by atomic mass is 16.5. The molecule has 0 bridgehead atoms. The molecule has 1 aromatic rings. The fourth-order valence-electron chi connectivity index (χ4n) is 5.10. The Morgan fingerprint density at radius 1 is 0.881 bits per heavy atom. The Bertz CT molecular complexity index is 927. The van der Waals surface area contributed by atoms with Crippen LogP contribution in [0.25, 0.3) is 0 Å². The third-order valence-corrected chi connectivity index (χ3v) is 7.53. The van der Waals surface area contributed by atoms with Crippen LogP contribution in [0.15, 0.2) is 24.3 Å². The van der Waals surface area contributed by atoms with E-state index in [0.29, 0.717) is 12.3 Å². The number of benzene rings is 1. The van der Waals surface area contributed by atoms with Gasteiger partial charge in [0.25, 0.3) is 0 Å². The molecule has 1 fully saturated rings. The summed E-state index contributed by atoms with van der Waals surface area (Å²) < 4.78 is 6.08. The van der Waals surface area contributed by atoms with Crippen molar-refractivity contribution in [1.82, 2.24) is 20.4 Å². The number of carboxylic acid groups (broad SMARTS) is 3. The smallest absolute Gasteiger partial charge is 0.347 e. The number of β-amino-alcohol motifs (C(OH)–C–C–N with tert-alkyl or cyclic N) is 1. The van der Waals surface area contributed by atoms with Crippen molar-refractivity contribution in [2.45, 2.75) is 82.7 Å². The van der Waals surface area contributed by atoms with Crippen LogP contribution in [-0.4, -0.2) is 117 Å². The van der Waals surface area contributed by atoms with E-state index in [1.807, 2.05) is 4.90 Å². The van der Waals surface area contributed by atoms with Crippen molar-refractivity contribution in [3.63, 3.8) is 0 Å². The van der Waals surface area contributed by atoms with Gasteiger partial charge in [0.2, 0.25) is 0 Å². The summed E-state index contributed by atoms with van der Waals surface area (Å²) in [5, 5.41) is 55.9. The third-order valence-electron chi connectivity index (χ3n) is 7.53. The van der Waals surface area contributed by atoms with Crippen LogP contribution in [0.5, 0.6) is 11.5 Å². The van der Waals surface area contributed by atoms with Gasteiger partial charge in [0.1, 0.15) is 17.7 Å². The molecule has 0 aliphatic carbocycles. The van der Waals surface area contributed by atoms with E-state index in [0.717, 1.165) is 24.2 Å². The highest BCUT2D eigenvalue weighted by molar-refractivity contribution is 6.21. The maximum Gasteiger partial charge on any atom is 0.347 e. The second-order valence-corrected chi connectivity index (χ2v) is 10.7. The lowest BCUT2D eigenvalue weighted by Crippen LogP contribution is -2.67. The van der Waals surface area contributed by atoms with Crippen LogP contribution >= 0.6 is 0 Å². The maximum absolute atomic E-state index is 12.0. The van der Waals surface area contributed by atoms with E-state index in [2.05, 4.69) is 17.6 Å². The number of carbonyl (C=O) groups is 3. The molecule has 1 saturated heterocycles. The van der Waals surface area contributed by atoms with E-state index in [1.54, 1.807) is 12.1 Å². The predicted octanol–water partition coefficient (Wildman–Crippen LogP) is 1.74. The van der Waals surface area contributed by atoms with Gasteiger partial charge in [0, 0.05) is 39.3 Å². The average Bonchev–Trinajstić information content (AvgIpc) is 2.93. The minimum Gasteiger partial charge on any atom is -0.508 e. The number of nitrogens with one attached hydrogen (secondary N) is 2. The first-order valence-corrected chi connectivity index (χ1v) is 14.9. The molecule has 0 aromatic heterocycles. The van der Waals surface area contributed by atoms with Gasteiger partial charge in [-0.1, -0.05) is 58.3 Å². The molecule has 1 aromatic carbocycles. The Morgan fingerprint density at radius 3 is 2.00 bits per heavy atom. The van der Waals surface area contributed by atoms with Gasteiger partial charge in [0.05, 0.1) is 6.54 Å². The van der Waals surface area contributed by atoms with Crippen molar-refractivity contribution in [3.05, 3.63) is 24.3 Å². The molecular weight excluding hydrogens is 548 g/mol. The van der Waals surface area contributed by atoms with E-state index in [-0.39, 0.29) is 45.0 Å². The van der Waals surface area contributed by atoms with E-state index in [9.17, 15) is 39.9 Å². The van der Waals surface area contributed by atoms with Gasteiger partial charge in [0.15, 0.2) is 6.23 Å². The second kappa shape index (κ2) is 18.5. The highest BCUT2D eigenvalue weighted by Crippen LogP contribution is 2.20. The topological polar surface area (TPSA) is 192 Å². The summed E-state index contributed by atoms with van der Waals surface area (Å²) in [6.45, 7) is 2.78. The van der Waals surface area contributed by atoms with E-state index in [1.165, 1.54) is 50.7 Å². The first kappa shape index (κ1) is 35.2. The van der Waals surface area contributed by atoms with Crippen LogP contribution in [0, 0.1) is 0 Å². The van der Waals surface area contributed by atoms with Crippen molar-refractivity contribution < 1.29 is 44.7 Å². The van der Waals surface area contributed by atoms with Gasteiger partial charge in [-0.2, -0.15) is 0 Å².